The maximum atomic E-state index is 13.2. The first kappa shape index (κ1) is 20.1. The third-order valence-corrected chi connectivity index (χ3v) is 5.29. The highest BCUT2D eigenvalue weighted by molar-refractivity contribution is 5.96. The van der Waals surface area contributed by atoms with Crippen molar-refractivity contribution in [2.45, 2.75) is 6.04 Å². The van der Waals surface area contributed by atoms with Crippen molar-refractivity contribution in [1.29, 1.82) is 0 Å². The van der Waals surface area contributed by atoms with Crippen LogP contribution in [0.25, 0.3) is 16.7 Å². The zero-order chi connectivity index (χ0) is 22.8. The highest BCUT2D eigenvalue weighted by Crippen LogP contribution is 2.27. The van der Waals surface area contributed by atoms with Crippen LogP contribution < -0.4 is 5.32 Å². The lowest BCUT2D eigenvalue weighted by molar-refractivity contribution is -0.384. The molecule has 5 rings (SSSR count). The van der Waals surface area contributed by atoms with Crippen LogP contribution in [-0.4, -0.2) is 35.6 Å². The number of nitro benzene ring substituents is 1. The van der Waals surface area contributed by atoms with E-state index < -0.39 is 16.9 Å². The number of H-pyrrole nitrogens is 1. The minimum Gasteiger partial charge on any atom is -0.345 e. The van der Waals surface area contributed by atoms with Crippen molar-refractivity contribution in [1.82, 2.24) is 30.0 Å². The molecule has 0 bridgehead atoms. The summed E-state index contributed by atoms with van der Waals surface area (Å²) in [7, 11) is 0. The second kappa shape index (κ2) is 8.35. The van der Waals surface area contributed by atoms with E-state index in [0.717, 1.165) is 22.2 Å². The summed E-state index contributed by atoms with van der Waals surface area (Å²) in [5.41, 5.74) is 3.51. The van der Waals surface area contributed by atoms with Gasteiger partial charge >= 0.3 is 0 Å². The summed E-state index contributed by atoms with van der Waals surface area (Å²) < 4.78 is 1.28. The Morgan fingerprint density at radius 1 is 1.06 bits per heavy atom. The van der Waals surface area contributed by atoms with Crippen LogP contribution in [0.5, 0.6) is 0 Å². The summed E-state index contributed by atoms with van der Waals surface area (Å²) in [5.74, 6) is -0.443. The molecule has 2 heterocycles. The van der Waals surface area contributed by atoms with Gasteiger partial charge in [-0.1, -0.05) is 36.4 Å². The number of nitro groups is 1. The molecular weight excluding hydrogens is 422 g/mol. The van der Waals surface area contributed by atoms with Gasteiger partial charge in [0.05, 0.1) is 28.3 Å². The number of imidazole rings is 1. The van der Waals surface area contributed by atoms with Crippen LogP contribution in [0.3, 0.4) is 0 Å². The molecule has 5 aromatic rings. The number of hydrogen-bond acceptors (Lipinski definition) is 6. The molecule has 2 N–H and O–H groups in total. The lowest BCUT2D eigenvalue weighted by atomic mass is 9.97. The van der Waals surface area contributed by atoms with Crippen LogP contribution in [0.2, 0.25) is 0 Å². The first-order valence-corrected chi connectivity index (χ1v) is 10.0. The monoisotopic (exact) mass is 439 g/mol. The van der Waals surface area contributed by atoms with E-state index in [9.17, 15) is 14.9 Å². The molecule has 2 aromatic heterocycles. The van der Waals surface area contributed by atoms with E-state index in [1.165, 1.54) is 35.5 Å². The number of carbonyl (C=O) groups is 1. The largest absolute Gasteiger partial charge is 0.345 e. The van der Waals surface area contributed by atoms with Crippen molar-refractivity contribution in [2.75, 3.05) is 0 Å². The van der Waals surface area contributed by atoms with Gasteiger partial charge in [0.25, 0.3) is 11.6 Å². The molecule has 10 nitrogen and oxygen atoms in total. The van der Waals surface area contributed by atoms with Gasteiger partial charge in [-0.25, -0.2) is 14.6 Å². The smallest absolute Gasteiger partial charge is 0.295 e. The molecule has 1 amide bonds. The number of benzene rings is 3. The Labute approximate surface area is 187 Å². The number of hydrogen-bond donors (Lipinski definition) is 2. The fraction of sp³-hybridized carbons (Fsp3) is 0.0435. The first-order valence-electron chi connectivity index (χ1n) is 10.0. The number of carbonyl (C=O) groups excluding carboxylic acids is 1. The Morgan fingerprint density at radius 3 is 2.67 bits per heavy atom. The molecule has 0 radical (unpaired) electrons. The Hall–Kier alpha value is -4.86. The number of aromatic nitrogens is 5. The highest BCUT2D eigenvalue weighted by Gasteiger charge is 2.22. The van der Waals surface area contributed by atoms with E-state index in [-0.39, 0.29) is 16.9 Å². The van der Waals surface area contributed by atoms with Crippen molar-refractivity contribution in [3.8, 4) is 5.69 Å². The molecule has 3 aromatic carbocycles. The molecule has 0 aliphatic carbocycles. The maximum absolute atomic E-state index is 13.2. The molecule has 162 valence electrons. The zero-order valence-electron chi connectivity index (χ0n) is 17.1. The third-order valence-electron chi connectivity index (χ3n) is 5.29. The Morgan fingerprint density at radius 2 is 1.91 bits per heavy atom. The van der Waals surface area contributed by atoms with Crippen LogP contribution in [-0.2, 0) is 0 Å². The number of aromatic amines is 1. The average molecular weight is 439 g/mol. The molecule has 0 fully saturated rings. The van der Waals surface area contributed by atoms with Gasteiger partial charge in [-0.15, -0.1) is 0 Å². The highest BCUT2D eigenvalue weighted by atomic mass is 16.6. The Bertz CT molecular complexity index is 1450. The summed E-state index contributed by atoms with van der Waals surface area (Å²) in [4.78, 5) is 35.5. The van der Waals surface area contributed by atoms with Gasteiger partial charge in [0.15, 0.2) is 0 Å². The van der Waals surface area contributed by atoms with Crippen molar-refractivity contribution in [3.63, 3.8) is 0 Å². The van der Waals surface area contributed by atoms with Gasteiger partial charge in [-0.05, 0) is 35.4 Å². The van der Waals surface area contributed by atoms with Crippen LogP contribution in [0.1, 0.15) is 27.5 Å². The summed E-state index contributed by atoms with van der Waals surface area (Å²) in [6, 6.07) is 19.0. The van der Waals surface area contributed by atoms with E-state index >= 15 is 0 Å². The van der Waals surface area contributed by atoms with Gasteiger partial charge in [0, 0.05) is 11.6 Å². The molecule has 0 saturated heterocycles. The molecule has 0 aliphatic rings. The van der Waals surface area contributed by atoms with Crippen molar-refractivity contribution in [3.05, 3.63) is 113 Å². The van der Waals surface area contributed by atoms with E-state index in [4.69, 9.17) is 0 Å². The quantitative estimate of drug-likeness (QED) is 0.307. The third kappa shape index (κ3) is 3.92. The van der Waals surface area contributed by atoms with E-state index in [1.54, 1.807) is 6.33 Å². The Kier molecular flexibility index (Phi) is 5.07. The van der Waals surface area contributed by atoms with Gasteiger partial charge in [0.2, 0.25) is 0 Å². The summed E-state index contributed by atoms with van der Waals surface area (Å²) >= 11 is 0. The molecule has 10 heteroatoms. The predicted octanol–water partition coefficient (Wildman–Crippen LogP) is 3.57. The van der Waals surface area contributed by atoms with Crippen molar-refractivity contribution >= 4 is 22.6 Å². The SMILES string of the molecule is O=C(NC(c1ccccc1)c1ccc2nc[nH]c2c1)c1ccc(-n2cncn2)c([N+](=O)[O-])c1. The van der Waals surface area contributed by atoms with Gasteiger partial charge in [-0.3, -0.25) is 14.9 Å². The standard InChI is InChI=1S/C23H17N7O3/c31-23(17-7-9-20(21(11-17)30(32)33)29-14-24-12-27-29)28-22(15-4-2-1-3-5-15)16-6-8-18-19(10-16)26-13-25-18/h1-14,22H,(H,25,26)(H,28,31). The normalized spacial score (nSPS) is 11.9. The molecule has 1 unspecified atom stereocenters. The van der Waals surface area contributed by atoms with Gasteiger partial charge in [0.1, 0.15) is 18.3 Å². The minimum absolute atomic E-state index is 0.161. The zero-order valence-corrected chi connectivity index (χ0v) is 17.1. The van der Waals surface area contributed by atoms with E-state index in [1.807, 2.05) is 48.5 Å². The molecule has 0 aliphatic heterocycles. The fourth-order valence-corrected chi connectivity index (χ4v) is 3.69. The van der Waals surface area contributed by atoms with Crippen LogP contribution in [0, 0.1) is 10.1 Å². The second-order valence-electron chi connectivity index (χ2n) is 7.30. The van der Waals surface area contributed by atoms with Crippen molar-refractivity contribution in [2.24, 2.45) is 0 Å². The fourth-order valence-electron chi connectivity index (χ4n) is 3.69. The number of fused-ring (bicyclic) bond motifs is 1. The van der Waals surface area contributed by atoms with Gasteiger partial charge < -0.3 is 10.3 Å². The summed E-state index contributed by atoms with van der Waals surface area (Å²) in [6.07, 6.45) is 4.25. The second-order valence-corrected chi connectivity index (χ2v) is 7.30. The lowest BCUT2D eigenvalue weighted by Crippen LogP contribution is -2.29. The molecule has 33 heavy (non-hydrogen) atoms. The van der Waals surface area contributed by atoms with E-state index in [0.29, 0.717) is 0 Å². The molecular formula is C23H17N7O3. The number of rotatable bonds is 6. The predicted molar refractivity (Wildman–Crippen MR) is 120 cm³/mol. The maximum Gasteiger partial charge on any atom is 0.295 e. The molecule has 0 saturated carbocycles. The Balaban J connectivity index is 1.51. The molecule has 0 spiro atoms. The van der Waals surface area contributed by atoms with Crippen LogP contribution >= 0.6 is 0 Å². The topological polar surface area (TPSA) is 132 Å². The number of amides is 1. The minimum atomic E-state index is -0.547. The number of nitrogens with zero attached hydrogens (tertiary/aromatic N) is 5. The lowest BCUT2D eigenvalue weighted by Gasteiger charge is -2.20. The summed E-state index contributed by atoms with van der Waals surface area (Å²) in [6.45, 7) is 0. The van der Waals surface area contributed by atoms with E-state index in [2.05, 4.69) is 25.4 Å². The van der Waals surface area contributed by atoms with Crippen molar-refractivity contribution < 1.29 is 9.72 Å². The molecule has 1 atom stereocenters. The average Bonchev–Trinajstić information content (AvgIpc) is 3.54. The first-order chi connectivity index (χ1) is 16.1. The van der Waals surface area contributed by atoms with Gasteiger partial charge in [-0.2, -0.15) is 5.10 Å². The van der Waals surface area contributed by atoms with Crippen LogP contribution in [0.15, 0.2) is 85.7 Å². The van der Waals surface area contributed by atoms with Crippen LogP contribution in [0.4, 0.5) is 5.69 Å². The summed E-state index contributed by atoms with van der Waals surface area (Å²) in [5, 5.41) is 18.6. The number of nitrogens with one attached hydrogen (secondary N) is 2.